The van der Waals surface area contributed by atoms with Crippen LogP contribution in [0.25, 0.3) is 28.1 Å². The van der Waals surface area contributed by atoms with Crippen molar-refractivity contribution in [3.8, 4) is 16.9 Å². The van der Waals surface area contributed by atoms with Gasteiger partial charge < -0.3 is 19.6 Å². The average Bonchev–Trinajstić information content (AvgIpc) is 3.60. The second-order valence-corrected chi connectivity index (χ2v) is 12.1. The lowest BCUT2D eigenvalue weighted by Crippen LogP contribution is -2.38. The number of morpholine rings is 1. The van der Waals surface area contributed by atoms with Gasteiger partial charge in [-0.25, -0.2) is 4.79 Å². The first-order valence-corrected chi connectivity index (χ1v) is 15.4. The lowest BCUT2D eigenvalue weighted by Gasteiger charge is -2.26. The van der Waals surface area contributed by atoms with Gasteiger partial charge >= 0.3 is 5.97 Å². The van der Waals surface area contributed by atoms with Crippen molar-refractivity contribution in [1.29, 1.82) is 0 Å². The quantitative estimate of drug-likeness (QED) is 0.174. The zero-order valence-electron chi connectivity index (χ0n) is 23.5. The molecule has 220 valence electrons. The highest BCUT2D eigenvalue weighted by Crippen LogP contribution is 2.36. The van der Waals surface area contributed by atoms with Crippen LogP contribution in [-0.4, -0.2) is 82.1 Å². The molecule has 0 aliphatic carbocycles. The Morgan fingerprint density at radius 1 is 1.05 bits per heavy atom. The first-order valence-electron chi connectivity index (χ1n) is 14.2. The van der Waals surface area contributed by atoms with Gasteiger partial charge in [0.2, 0.25) is 0 Å². The lowest BCUT2D eigenvalue weighted by molar-refractivity contribution is -0.122. The predicted molar refractivity (Wildman–Crippen MR) is 173 cm³/mol. The Morgan fingerprint density at radius 3 is 2.65 bits per heavy atom. The third-order valence-corrected chi connectivity index (χ3v) is 9.01. The summed E-state index contributed by atoms with van der Waals surface area (Å²) >= 11 is 6.85. The smallest absolute Gasteiger partial charge is 0.335 e. The monoisotopic (exact) mass is 613 g/mol. The van der Waals surface area contributed by atoms with E-state index in [2.05, 4.69) is 34.1 Å². The van der Waals surface area contributed by atoms with Crippen molar-refractivity contribution < 1.29 is 24.2 Å². The molecule has 8 nitrogen and oxygen atoms in total. The standard InChI is InChI=1S/C33H31N3O5S2/c37-31-30(43-33(42)36(31)12-10-22-1-4-24(5-2-22)32(38)39)20-23-3-8-29(41-18-15-35-13-16-40-17-14-35)27(19-23)25-6-7-28-26(21-25)9-11-34-28/h1-9,11,19-21,34H,10,12-18H2,(H,38,39)/b30-20+. The Bertz CT molecular complexity index is 1690. The van der Waals surface area contributed by atoms with Crippen molar-refractivity contribution in [2.75, 3.05) is 46.0 Å². The molecule has 0 saturated carbocycles. The Morgan fingerprint density at radius 2 is 1.86 bits per heavy atom. The number of aromatic amines is 1. The molecule has 2 aliphatic heterocycles. The van der Waals surface area contributed by atoms with Crippen molar-refractivity contribution in [2.24, 2.45) is 0 Å². The van der Waals surface area contributed by atoms with E-state index in [9.17, 15) is 9.59 Å². The van der Waals surface area contributed by atoms with Crippen LogP contribution >= 0.6 is 24.0 Å². The molecule has 43 heavy (non-hydrogen) atoms. The van der Waals surface area contributed by atoms with Crippen LogP contribution in [0.15, 0.2) is 77.8 Å². The number of nitrogens with zero attached hydrogens (tertiary/aromatic N) is 2. The molecule has 1 amide bonds. The largest absolute Gasteiger partial charge is 0.492 e. The number of carboxylic acid groups (broad SMARTS) is 1. The van der Waals surface area contributed by atoms with Crippen molar-refractivity contribution in [1.82, 2.24) is 14.8 Å². The van der Waals surface area contributed by atoms with Gasteiger partial charge in [-0.1, -0.05) is 48.2 Å². The van der Waals surface area contributed by atoms with Crippen LogP contribution in [-0.2, 0) is 16.0 Å². The molecule has 0 spiro atoms. The maximum Gasteiger partial charge on any atom is 0.335 e. The number of aromatic carboxylic acids is 1. The fraction of sp³-hybridized carbons (Fsp3) is 0.242. The van der Waals surface area contributed by atoms with Crippen LogP contribution in [0.3, 0.4) is 0 Å². The first-order chi connectivity index (χ1) is 20.9. The highest BCUT2D eigenvalue weighted by molar-refractivity contribution is 8.26. The number of thiocarbonyl (C=S) groups is 1. The van der Waals surface area contributed by atoms with Gasteiger partial charge in [-0.05, 0) is 77.0 Å². The number of aromatic nitrogens is 1. The van der Waals surface area contributed by atoms with Gasteiger partial charge in [0, 0.05) is 43.5 Å². The summed E-state index contributed by atoms with van der Waals surface area (Å²) in [6.07, 6.45) is 4.39. The van der Waals surface area contributed by atoms with Crippen molar-refractivity contribution in [2.45, 2.75) is 6.42 Å². The number of benzene rings is 3. The number of carbonyl (C=O) groups excluding carboxylic acids is 1. The van der Waals surface area contributed by atoms with Crippen LogP contribution in [0.4, 0.5) is 0 Å². The van der Waals surface area contributed by atoms with E-state index >= 15 is 0 Å². The molecule has 4 aromatic rings. The number of fused-ring (bicyclic) bond motifs is 1. The second kappa shape index (κ2) is 13.1. The number of amides is 1. The molecule has 0 atom stereocenters. The number of carbonyl (C=O) groups is 2. The molecule has 3 aromatic carbocycles. The minimum atomic E-state index is -0.964. The summed E-state index contributed by atoms with van der Waals surface area (Å²) in [5.74, 6) is -0.297. The normalized spacial score (nSPS) is 16.8. The van der Waals surface area contributed by atoms with Crippen LogP contribution in [0.5, 0.6) is 5.75 Å². The summed E-state index contributed by atoms with van der Waals surface area (Å²) in [7, 11) is 0. The maximum atomic E-state index is 13.3. The van der Waals surface area contributed by atoms with Gasteiger partial charge in [-0.15, -0.1) is 0 Å². The van der Waals surface area contributed by atoms with Crippen LogP contribution < -0.4 is 4.74 Å². The van der Waals surface area contributed by atoms with Crippen molar-refractivity contribution >= 4 is 57.2 Å². The van der Waals surface area contributed by atoms with Crippen LogP contribution in [0.1, 0.15) is 21.5 Å². The topological polar surface area (TPSA) is 95.1 Å². The fourth-order valence-corrected chi connectivity index (χ4v) is 6.53. The van der Waals surface area contributed by atoms with E-state index in [0.717, 1.165) is 71.8 Å². The zero-order chi connectivity index (χ0) is 29.8. The molecule has 2 fully saturated rings. The summed E-state index contributed by atoms with van der Waals surface area (Å²) < 4.78 is 12.3. The third-order valence-electron chi connectivity index (χ3n) is 7.63. The lowest BCUT2D eigenvalue weighted by atomic mass is 10.00. The minimum absolute atomic E-state index is 0.127. The molecule has 1 aromatic heterocycles. The maximum absolute atomic E-state index is 13.3. The van der Waals surface area contributed by atoms with E-state index in [-0.39, 0.29) is 11.5 Å². The molecule has 0 unspecified atom stereocenters. The molecule has 0 bridgehead atoms. The van der Waals surface area contributed by atoms with Gasteiger partial charge in [0.1, 0.15) is 16.7 Å². The van der Waals surface area contributed by atoms with E-state index < -0.39 is 5.97 Å². The SMILES string of the molecule is O=C(O)c1ccc(CCN2C(=O)/C(=C\c3ccc(OCCN4CCOCC4)c(-c4ccc5[nH]ccc5c4)c3)SC2=S)cc1. The molecule has 2 aliphatic rings. The Kier molecular flexibility index (Phi) is 8.90. The second-order valence-electron chi connectivity index (χ2n) is 10.4. The molecule has 10 heteroatoms. The predicted octanol–water partition coefficient (Wildman–Crippen LogP) is 5.69. The number of hydrogen-bond acceptors (Lipinski definition) is 7. The molecule has 2 saturated heterocycles. The van der Waals surface area contributed by atoms with Gasteiger partial charge in [0.05, 0.1) is 23.7 Å². The van der Waals surface area contributed by atoms with Crippen LogP contribution in [0, 0.1) is 0 Å². The molecular weight excluding hydrogens is 583 g/mol. The fourth-order valence-electron chi connectivity index (χ4n) is 5.22. The number of carboxylic acids is 1. The van der Waals surface area contributed by atoms with Gasteiger partial charge in [-0.3, -0.25) is 14.6 Å². The number of H-pyrrole nitrogens is 1. The number of hydrogen-bond donors (Lipinski definition) is 2. The molecule has 2 N–H and O–H groups in total. The Balaban J connectivity index is 1.20. The summed E-state index contributed by atoms with van der Waals surface area (Å²) in [4.78, 5) is 32.2. The summed E-state index contributed by atoms with van der Waals surface area (Å²) in [5, 5.41) is 10.2. The van der Waals surface area contributed by atoms with Crippen LogP contribution in [0.2, 0.25) is 0 Å². The number of nitrogens with one attached hydrogen (secondary N) is 1. The first kappa shape index (κ1) is 29.1. The summed E-state index contributed by atoms with van der Waals surface area (Å²) in [6, 6.07) is 21.0. The highest BCUT2D eigenvalue weighted by atomic mass is 32.2. The van der Waals surface area contributed by atoms with Gasteiger partial charge in [0.15, 0.2) is 0 Å². The number of ether oxygens (including phenoxy) is 2. The molecular formula is C33H31N3O5S2. The third kappa shape index (κ3) is 6.83. The van der Waals surface area contributed by atoms with E-state index in [1.807, 2.05) is 30.5 Å². The Hall–Kier alpha value is -3.96. The van der Waals surface area contributed by atoms with E-state index in [1.54, 1.807) is 29.2 Å². The van der Waals surface area contributed by atoms with Gasteiger partial charge in [0.25, 0.3) is 5.91 Å². The molecule has 0 radical (unpaired) electrons. The highest BCUT2D eigenvalue weighted by Gasteiger charge is 2.31. The van der Waals surface area contributed by atoms with E-state index in [0.29, 0.717) is 28.8 Å². The van der Waals surface area contributed by atoms with E-state index in [1.165, 1.54) is 11.8 Å². The summed E-state index contributed by atoms with van der Waals surface area (Å²) in [6.45, 7) is 5.14. The minimum Gasteiger partial charge on any atom is -0.492 e. The Labute approximate surface area is 259 Å². The van der Waals surface area contributed by atoms with Crippen molar-refractivity contribution in [3.63, 3.8) is 0 Å². The average molecular weight is 614 g/mol. The van der Waals surface area contributed by atoms with E-state index in [4.69, 9.17) is 26.8 Å². The molecule has 3 heterocycles. The van der Waals surface area contributed by atoms with Gasteiger partial charge in [-0.2, -0.15) is 0 Å². The summed E-state index contributed by atoms with van der Waals surface area (Å²) in [5.41, 5.74) is 5.12. The molecule has 6 rings (SSSR count). The number of rotatable bonds is 10. The zero-order valence-corrected chi connectivity index (χ0v) is 25.1. The number of thioether (sulfide) groups is 1. The van der Waals surface area contributed by atoms with Crippen molar-refractivity contribution in [3.05, 3.63) is 94.5 Å².